The number of likely N-dealkylation sites (N-methyl/N-ethyl adjacent to an activating group) is 1. The number of aryl methyl sites for hydroxylation is 1. The summed E-state index contributed by atoms with van der Waals surface area (Å²) < 4.78 is 0. The SMILES string of the molecule is CCCN(CC(=O)NC)c1cc(C)nc(N)n1. The molecule has 1 rings (SSSR count). The molecule has 6 heteroatoms. The number of hydrogen-bond donors (Lipinski definition) is 2. The van der Waals surface area contributed by atoms with E-state index >= 15 is 0 Å². The number of amides is 1. The van der Waals surface area contributed by atoms with E-state index in [0.29, 0.717) is 5.82 Å². The molecule has 1 aromatic rings. The molecule has 0 saturated carbocycles. The van der Waals surface area contributed by atoms with Crippen molar-refractivity contribution < 1.29 is 4.79 Å². The molecule has 0 aliphatic heterocycles. The van der Waals surface area contributed by atoms with Gasteiger partial charge >= 0.3 is 0 Å². The van der Waals surface area contributed by atoms with Crippen molar-refractivity contribution in [2.45, 2.75) is 20.3 Å². The van der Waals surface area contributed by atoms with E-state index in [-0.39, 0.29) is 18.4 Å². The Kier molecular flexibility index (Phi) is 4.68. The van der Waals surface area contributed by atoms with Crippen molar-refractivity contribution in [3.63, 3.8) is 0 Å². The van der Waals surface area contributed by atoms with E-state index in [1.807, 2.05) is 24.8 Å². The van der Waals surface area contributed by atoms with Crippen LogP contribution in [0.1, 0.15) is 19.0 Å². The molecule has 94 valence electrons. The van der Waals surface area contributed by atoms with E-state index in [1.165, 1.54) is 0 Å². The van der Waals surface area contributed by atoms with Crippen molar-refractivity contribution in [3.05, 3.63) is 11.8 Å². The molecular weight excluding hydrogens is 218 g/mol. The smallest absolute Gasteiger partial charge is 0.239 e. The van der Waals surface area contributed by atoms with Gasteiger partial charge in [0.1, 0.15) is 5.82 Å². The summed E-state index contributed by atoms with van der Waals surface area (Å²) in [5.74, 6) is 0.881. The lowest BCUT2D eigenvalue weighted by Gasteiger charge is -2.22. The fourth-order valence-corrected chi connectivity index (χ4v) is 1.53. The summed E-state index contributed by atoms with van der Waals surface area (Å²) in [6.07, 6.45) is 0.931. The topological polar surface area (TPSA) is 84.1 Å². The fraction of sp³-hybridized carbons (Fsp3) is 0.545. The first-order valence-corrected chi connectivity index (χ1v) is 5.63. The zero-order chi connectivity index (χ0) is 12.8. The molecule has 3 N–H and O–H groups in total. The number of hydrogen-bond acceptors (Lipinski definition) is 5. The van der Waals surface area contributed by atoms with E-state index in [4.69, 9.17) is 5.73 Å². The van der Waals surface area contributed by atoms with Crippen LogP contribution in [0, 0.1) is 6.92 Å². The van der Waals surface area contributed by atoms with Crippen LogP contribution in [0.4, 0.5) is 11.8 Å². The molecule has 17 heavy (non-hydrogen) atoms. The van der Waals surface area contributed by atoms with Crippen LogP contribution in [-0.2, 0) is 4.79 Å². The Hall–Kier alpha value is -1.85. The molecule has 1 heterocycles. The molecule has 0 spiro atoms. The summed E-state index contributed by atoms with van der Waals surface area (Å²) in [5.41, 5.74) is 6.40. The van der Waals surface area contributed by atoms with Gasteiger partial charge in [0, 0.05) is 25.4 Å². The van der Waals surface area contributed by atoms with E-state index < -0.39 is 0 Å². The molecule has 0 aliphatic carbocycles. The van der Waals surface area contributed by atoms with Crippen LogP contribution in [0.5, 0.6) is 0 Å². The first kappa shape index (κ1) is 13.2. The van der Waals surface area contributed by atoms with E-state index in [2.05, 4.69) is 15.3 Å². The number of nitrogens with zero attached hydrogens (tertiary/aromatic N) is 3. The maximum absolute atomic E-state index is 11.4. The summed E-state index contributed by atoms with van der Waals surface area (Å²) in [7, 11) is 1.62. The molecule has 0 bridgehead atoms. The lowest BCUT2D eigenvalue weighted by molar-refractivity contribution is -0.119. The highest BCUT2D eigenvalue weighted by Crippen LogP contribution is 2.13. The van der Waals surface area contributed by atoms with Crippen molar-refractivity contribution >= 4 is 17.7 Å². The minimum atomic E-state index is -0.0479. The molecule has 1 aromatic heterocycles. The number of nitrogens with one attached hydrogen (secondary N) is 1. The van der Waals surface area contributed by atoms with E-state index in [9.17, 15) is 4.79 Å². The molecule has 6 nitrogen and oxygen atoms in total. The van der Waals surface area contributed by atoms with Gasteiger partial charge in [-0.1, -0.05) is 6.92 Å². The Labute approximate surface area is 101 Å². The third-order valence-electron chi connectivity index (χ3n) is 2.29. The molecule has 0 radical (unpaired) electrons. The molecule has 0 saturated heterocycles. The second kappa shape index (κ2) is 6.03. The first-order chi connectivity index (χ1) is 8.06. The van der Waals surface area contributed by atoms with Gasteiger partial charge in [-0.2, -0.15) is 4.98 Å². The molecule has 0 unspecified atom stereocenters. The van der Waals surface area contributed by atoms with Crippen molar-refractivity contribution in [1.82, 2.24) is 15.3 Å². The molecule has 1 amide bonds. The van der Waals surface area contributed by atoms with Gasteiger partial charge in [0.05, 0.1) is 6.54 Å². The Bertz CT molecular complexity index is 373. The average molecular weight is 237 g/mol. The number of aromatic nitrogens is 2. The summed E-state index contributed by atoms with van der Waals surface area (Å²) >= 11 is 0. The fourth-order valence-electron chi connectivity index (χ4n) is 1.53. The largest absolute Gasteiger partial charge is 0.368 e. The highest BCUT2D eigenvalue weighted by atomic mass is 16.1. The second-order valence-corrected chi connectivity index (χ2v) is 3.82. The molecule has 0 aliphatic rings. The highest BCUT2D eigenvalue weighted by Gasteiger charge is 2.12. The Morgan fingerprint density at radius 2 is 2.24 bits per heavy atom. The van der Waals surface area contributed by atoms with Gasteiger partial charge in [0.2, 0.25) is 11.9 Å². The summed E-state index contributed by atoms with van der Waals surface area (Å²) in [4.78, 5) is 21.5. The van der Waals surface area contributed by atoms with Crippen molar-refractivity contribution in [2.75, 3.05) is 30.8 Å². The van der Waals surface area contributed by atoms with Crippen LogP contribution in [0.2, 0.25) is 0 Å². The molecule has 0 fully saturated rings. The Morgan fingerprint density at radius 3 is 2.76 bits per heavy atom. The van der Waals surface area contributed by atoms with Gasteiger partial charge in [-0.3, -0.25) is 4.79 Å². The normalized spacial score (nSPS) is 10.1. The minimum Gasteiger partial charge on any atom is -0.368 e. The summed E-state index contributed by atoms with van der Waals surface area (Å²) in [6, 6.07) is 1.83. The second-order valence-electron chi connectivity index (χ2n) is 3.82. The predicted octanol–water partition coefficient (Wildman–Crippen LogP) is 0.330. The lowest BCUT2D eigenvalue weighted by Crippen LogP contribution is -2.36. The van der Waals surface area contributed by atoms with E-state index in [0.717, 1.165) is 18.7 Å². The van der Waals surface area contributed by atoms with Gasteiger partial charge in [-0.15, -0.1) is 0 Å². The highest BCUT2D eigenvalue weighted by molar-refractivity contribution is 5.80. The predicted molar refractivity (Wildman–Crippen MR) is 67.8 cm³/mol. The standard InChI is InChI=1S/C11H19N5O/c1-4-5-16(7-10(17)13-3)9-6-8(2)14-11(12)15-9/h6H,4-5,7H2,1-3H3,(H,13,17)(H2,12,14,15). The lowest BCUT2D eigenvalue weighted by atomic mass is 10.3. The summed E-state index contributed by atoms with van der Waals surface area (Å²) in [6.45, 7) is 4.93. The van der Waals surface area contributed by atoms with Gasteiger partial charge in [0.15, 0.2) is 0 Å². The van der Waals surface area contributed by atoms with Gasteiger partial charge in [0.25, 0.3) is 0 Å². The maximum Gasteiger partial charge on any atom is 0.239 e. The van der Waals surface area contributed by atoms with Crippen molar-refractivity contribution in [3.8, 4) is 0 Å². The maximum atomic E-state index is 11.4. The van der Waals surface area contributed by atoms with Gasteiger partial charge in [-0.05, 0) is 13.3 Å². The third kappa shape index (κ3) is 3.90. The van der Waals surface area contributed by atoms with Crippen LogP contribution < -0.4 is 16.0 Å². The van der Waals surface area contributed by atoms with Crippen LogP contribution in [-0.4, -0.2) is 36.0 Å². The van der Waals surface area contributed by atoms with Crippen LogP contribution >= 0.6 is 0 Å². The van der Waals surface area contributed by atoms with Crippen molar-refractivity contribution in [2.24, 2.45) is 0 Å². The molecular formula is C11H19N5O. The van der Waals surface area contributed by atoms with Crippen LogP contribution in [0.25, 0.3) is 0 Å². The van der Waals surface area contributed by atoms with Crippen molar-refractivity contribution in [1.29, 1.82) is 0 Å². The average Bonchev–Trinajstić information content (AvgIpc) is 2.27. The zero-order valence-corrected chi connectivity index (χ0v) is 10.5. The van der Waals surface area contributed by atoms with E-state index in [1.54, 1.807) is 7.05 Å². The quantitative estimate of drug-likeness (QED) is 0.771. The first-order valence-electron chi connectivity index (χ1n) is 5.63. The molecule has 0 aromatic carbocycles. The Morgan fingerprint density at radius 1 is 1.53 bits per heavy atom. The van der Waals surface area contributed by atoms with Gasteiger partial charge < -0.3 is 16.0 Å². The summed E-state index contributed by atoms with van der Waals surface area (Å²) in [5, 5.41) is 2.60. The van der Waals surface area contributed by atoms with Crippen LogP contribution in [0.3, 0.4) is 0 Å². The number of nitrogens with two attached hydrogens (primary N) is 1. The monoisotopic (exact) mass is 237 g/mol. The number of carbonyl (C=O) groups is 1. The Balaban J connectivity index is 2.91. The number of nitrogen functional groups attached to an aromatic ring is 1. The van der Waals surface area contributed by atoms with Crippen LogP contribution in [0.15, 0.2) is 6.07 Å². The van der Waals surface area contributed by atoms with Gasteiger partial charge in [-0.25, -0.2) is 4.98 Å². The minimum absolute atomic E-state index is 0.0479. The number of rotatable bonds is 5. The molecule has 0 atom stereocenters. The number of carbonyl (C=O) groups excluding carboxylic acids is 1. The third-order valence-corrected chi connectivity index (χ3v) is 2.29. The zero-order valence-electron chi connectivity index (χ0n) is 10.5. The number of anilines is 2.